The topological polar surface area (TPSA) is 77.2 Å². The highest BCUT2D eigenvalue weighted by Gasteiger charge is 2.09. The van der Waals surface area contributed by atoms with Gasteiger partial charge in [0.1, 0.15) is 5.75 Å². The number of hydrogen-bond donors (Lipinski definition) is 1. The van der Waals surface area contributed by atoms with E-state index < -0.39 is 0 Å². The van der Waals surface area contributed by atoms with Gasteiger partial charge in [0.2, 0.25) is 5.91 Å². The highest BCUT2D eigenvalue weighted by atomic mass is 32.2. The van der Waals surface area contributed by atoms with E-state index >= 15 is 0 Å². The first kappa shape index (κ1) is 14.4. The third-order valence-electron chi connectivity index (χ3n) is 2.55. The summed E-state index contributed by atoms with van der Waals surface area (Å²) >= 11 is 1.44. The Balaban J connectivity index is 1.95. The van der Waals surface area contributed by atoms with Crippen molar-refractivity contribution in [2.24, 2.45) is 0 Å². The van der Waals surface area contributed by atoms with Crippen molar-refractivity contribution in [2.45, 2.75) is 5.75 Å². The molecule has 0 radical (unpaired) electrons. The van der Waals surface area contributed by atoms with E-state index in [9.17, 15) is 4.79 Å². The van der Waals surface area contributed by atoms with Crippen LogP contribution in [-0.2, 0) is 10.5 Å². The van der Waals surface area contributed by atoms with E-state index in [1.807, 2.05) is 24.3 Å². The van der Waals surface area contributed by atoms with E-state index in [0.29, 0.717) is 23.2 Å². The smallest absolute Gasteiger partial charge is 0.257 e. The molecule has 0 saturated carbocycles. The van der Waals surface area contributed by atoms with Crippen molar-refractivity contribution in [3.05, 3.63) is 30.1 Å². The number of amides is 1. The third kappa shape index (κ3) is 3.74. The summed E-state index contributed by atoms with van der Waals surface area (Å²) in [6, 6.07) is 7.38. The number of thioether (sulfide) groups is 1. The maximum Gasteiger partial charge on any atom is 0.257 e. The third-order valence-corrected chi connectivity index (χ3v) is 3.48. The van der Waals surface area contributed by atoms with E-state index in [2.05, 4.69) is 15.5 Å². The van der Waals surface area contributed by atoms with Crippen LogP contribution in [-0.4, -0.2) is 36.0 Å². The molecule has 0 saturated heterocycles. The Bertz CT molecular complexity index is 568. The normalized spacial score (nSPS) is 10.3. The van der Waals surface area contributed by atoms with Crippen molar-refractivity contribution in [3.63, 3.8) is 0 Å². The van der Waals surface area contributed by atoms with Crippen LogP contribution in [0, 0.1) is 0 Å². The molecule has 1 N–H and O–H groups in total. The number of carbonyl (C=O) groups excluding carboxylic acids is 1. The number of ether oxygens (including phenoxy) is 1. The summed E-state index contributed by atoms with van der Waals surface area (Å²) in [5.41, 5.74) is 0.834. The lowest BCUT2D eigenvalue weighted by Gasteiger charge is -1.98. The first-order valence-electron chi connectivity index (χ1n) is 5.98. The lowest BCUT2D eigenvalue weighted by molar-refractivity contribution is -0.118. The molecule has 1 heterocycles. The number of rotatable bonds is 6. The van der Waals surface area contributed by atoms with Crippen LogP contribution in [0.5, 0.6) is 5.75 Å². The van der Waals surface area contributed by atoms with Gasteiger partial charge in [-0.1, -0.05) is 5.16 Å². The van der Waals surface area contributed by atoms with E-state index in [0.717, 1.165) is 11.3 Å². The molecule has 1 amide bonds. The summed E-state index contributed by atoms with van der Waals surface area (Å²) in [6.45, 7) is 0. The van der Waals surface area contributed by atoms with Gasteiger partial charge in [-0.15, -0.1) is 11.8 Å². The minimum Gasteiger partial charge on any atom is -0.497 e. The quantitative estimate of drug-likeness (QED) is 0.874. The van der Waals surface area contributed by atoms with Crippen molar-refractivity contribution in [3.8, 4) is 17.2 Å². The number of aromatic nitrogens is 2. The van der Waals surface area contributed by atoms with Crippen LogP contribution in [0.1, 0.15) is 5.82 Å². The van der Waals surface area contributed by atoms with Gasteiger partial charge in [-0.25, -0.2) is 0 Å². The summed E-state index contributed by atoms with van der Waals surface area (Å²) in [5, 5.41) is 6.45. The van der Waals surface area contributed by atoms with Gasteiger partial charge in [0.15, 0.2) is 5.82 Å². The van der Waals surface area contributed by atoms with Gasteiger partial charge >= 0.3 is 0 Å². The number of nitrogens with one attached hydrogen (secondary N) is 1. The average Bonchev–Trinajstić information content (AvgIpc) is 2.96. The minimum absolute atomic E-state index is 0.0196. The Morgan fingerprint density at radius 1 is 1.40 bits per heavy atom. The molecule has 0 unspecified atom stereocenters. The fourth-order valence-corrected chi connectivity index (χ4v) is 2.20. The van der Waals surface area contributed by atoms with Gasteiger partial charge in [0.25, 0.3) is 5.89 Å². The second-order valence-electron chi connectivity index (χ2n) is 3.91. The Morgan fingerprint density at radius 2 is 2.15 bits per heavy atom. The van der Waals surface area contributed by atoms with Gasteiger partial charge < -0.3 is 14.6 Å². The summed E-state index contributed by atoms with van der Waals surface area (Å²) in [5.74, 6) is 2.70. The Hall–Kier alpha value is -2.02. The lowest BCUT2D eigenvalue weighted by Crippen LogP contribution is -2.19. The molecule has 1 aromatic carbocycles. The molecule has 0 aliphatic carbocycles. The molecule has 2 rings (SSSR count). The van der Waals surface area contributed by atoms with Crippen LogP contribution in [0.2, 0.25) is 0 Å². The maximum atomic E-state index is 11.1. The van der Waals surface area contributed by atoms with Crippen LogP contribution < -0.4 is 10.1 Å². The Morgan fingerprint density at radius 3 is 2.80 bits per heavy atom. The largest absolute Gasteiger partial charge is 0.497 e. The fraction of sp³-hybridized carbons (Fsp3) is 0.308. The summed E-state index contributed by atoms with van der Waals surface area (Å²) < 4.78 is 10.3. The second kappa shape index (κ2) is 6.95. The number of carbonyl (C=O) groups is 1. The van der Waals surface area contributed by atoms with Crippen LogP contribution >= 0.6 is 11.8 Å². The zero-order valence-corrected chi connectivity index (χ0v) is 12.1. The summed E-state index contributed by atoms with van der Waals surface area (Å²) in [6.07, 6.45) is 0. The first-order valence-corrected chi connectivity index (χ1v) is 7.13. The van der Waals surface area contributed by atoms with Crippen molar-refractivity contribution in [2.75, 3.05) is 19.9 Å². The van der Waals surface area contributed by atoms with Crippen molar-refractivity contribution in [1.82, 2.24) is 15.5 Å². The maximum absolute atomic E-state index is 11.1. The van der Waals surface area contributed by atoms with Crippen molar-refractivity contribution < 1.29 is 14.1 Å². The molecule has 0 aliphatic rings. The molecule has 1 aromatic heterocycles. The predicted octanol–water partition coefficient (Wildman–Crippen LogP) is 1.72. The van der Waals surface area contributed by atoms with E-state index in [1.165, 1.54) is 11.8 Å². The van der Waals surface area contributed by atoms with Crippen LogP contribution in [0.4, 0.5) is 0 Å². The van der Waals surface area contributed by atoms with E-state index in [1.54, 1.807) is 14.2 Å². The average molecular weight is 293 g/mol. The lowest BCUT2D eigenvalue weighted by atomic mass is 10.2. The SMILES string of the molecule is CNC(=O)CSCc1noc(-c2ccc(OC)cc2)n1. The molecule has 0 aliphatic heterocycles. The Kier molecular flexibility index (Phi) is 5.00. The number of methoxy groups -OCH3 is 1. The first-order chi connectivity index (χ1) is 9.72. The number of hydrogen-bond acceptors (Lipinski definition) is 6. The van der Waals surface area contributed by atoms with Crippen LogP contribution in [0.25, 0.3) is 11.5 Å². The molecule has 0 bridgehead atoms. The minimum atomic E-state index is -0.0196. The van der Waals surface area contributed by atoms with Crippen LogP contribution in [0.3, 0.4) is 0 Å². The molecule has 6 nitrogen and oxygen atoms in total. The van der Waals surface area contributed by atoms with E-state index in [4.69, 9.17) is 9.26 Å². The van der Waals surface area contributed by atoms with Gasteiger partial charge in [-0.05, 0) is 24.3 Å². The van der Waals surface area contributed by atoms with E-state index in [-0.39, 0.29) is 5.91 Å². The molecule has 0 spiro atoms. The van der Waals surface area contributed by atoms with Crippen molar-refractivity contribution in [1.29, 1.82) is 0 Å². The highest BCUT2D eigenvalue weighted by Crippen LogP contribution is 2.21. The summed E-state index contributed by atoms with van der Waals surface area (Å²) in [7, 11) is 3.22. The molecular weight excluding hydrogens is 278 g/mol. The Labute approximate surface area is 120 Å². The molecule has 7 heteroatoms. The van der Waals surface area contributed by atoms with Gasteiger partial charge in [-0.3, -0.25) is 4.79 Å². The molecule has 2 aromatic rings. The molecule has 0 atom stereocenters. The monoisotopic (exact) mass is 293 g/mol. The van der Waals surface area contributed by atoms with Gasteiger partial charge in [0.05, 0.1) is 18.6 Å². The fourth-order valence-electron chi connectivity index (χ4n) is 1.47. The molecular formula is C13H15N3O3S. The van der Waals surface area contributed by atoms with Gasteiger partial charge in [-0.2, -0.15) is 4.98 Å². The zero-order chi connectivity index (χ0) is 14.4. The molecule has 20 heavy (non-hydrogen) atoms. The second-order valence-corrected chi connectivity index (χ2v) is 4.90. The summed E-state index contributed by atoms with van der Waals surface area (Å²) in [4.78, 5) is 15.4. The van der Waals surface area contributed by atoms with Crippen molar-refractivity contribution >= 4 is 17.7 Å². The number of benzene rings is 1. The van der Waals surface area contributed by atoms with Gasteiger partial charge in [0, 0.05) is 12.6 Å². The predicted molar refractivity (Wildman–Crippen MR) is 76.5 cm³/mol. The standard InChI is InChI=1S/C13H15N3O3S/c1-14-12(17)8-20-7-11-15-13(19-16-11)9-3-5-10(18-2)6-4-9/h3-6H,7-8H2,1-2H3,(H,14,17). The molecule has 106 valence electrons. The molecule has 0 fully saturated rings. The highest BCUT2D eigenvalue weighted by molar-refractivity contribution is 7.99. The number of nitrogens with zero attached hydrogens (tertiary/aromatic N) is 2. The van der Waals surface area contributed by atoms with Crippen LogP contribution in [0.15, 0.2) is 28.8 Å². The zero-order valence-electron chi connectivity index (χ0n) is 11.3.